The van der Waals surface area contributed by atoms with Crippen LogP contribution >= 0.6 is 11.6 Å². The van der Waals surface area contributed by atoms with Crippen molar-refractivity contribution in [3.05, 3.63) is 81.4 Å². The molecule has 0 aromatic heterocycles. The number of aryl methyl sites for hydroxylation is 2. The molecule has 2 N–H and O–H groups in total. The number of fused-ring (bicyclic) bond motifs is 1. The van der Waals surface area contributed by atoms with Crippen LogP contribution in [0, 0.1) is 12.8 Å². The Morgan fingerprint density at radius 2 is 1.74 bits per heavy atom. The van der Waals surface area contributed by atoms with Crippen molar-refractivity contribution in [3.8, 4) is 17.2 Å². The molecule has 2 heterocycles. The second-order valence-electron chi connectivity index (χ2n) is 11.1. The Bertz CT molecular complexity index is 1470. The fraction of sp³-hybridized carbons (Fsp3) is 0.412. The number of likely N-dealkylation sites (tertiary alicyclic amines) is 1. The summed E-state index contributed by atoms with van der Waals surface area (Å²) in [5, 5.41) is 14.4. The third-order valence-electron chi connectivity index (χ3n) is 8.45. The highest BCUT2D eigenvalue weighted by Crippen LogP contribution is 2.49. The minimum Gasteiger partial charge on any atom is -0.494 e. The molecule has 0 spiro atoms. The lowest BCUT2D eigenvalue weighted by Crippen LogP contribution is -2.35. The number of carbonyl (C=O) groups is 2. The molecule has 2 aliphatic heterocycles. The molecular weight excluding hydrogens is 568 g/mol. The van der Waals surface area contributed by atoms with E-state index in [9.17, 15) is 14.7 Å². The standard InChI is InChI=1S/C34H39ClN2O6/c1-5-14-41-25-10-8-23(9-11-25)32-30(34(39)40)27(26-12-13-28-33(20(26)4)43-19-42-28)17-37(32)18-29(38)36-31-21(6-2)15-24(35)16-22(31)7-3/h8-13,15-16,27,30,32H,5-7,14,17-19H2,1-4H3,(H,36,38)(H,39,40)/t27-,30?,32+/m1/s1. The summed E-state index contributed by atoms with van der Waals surface area (Å²) in [6, 6.07) is 14.6. The molecular formula is C34H39ClN2O6. The Kier molecular flexibility index (Phi) is 9.47. The fourth-order valence-corrected chi connectivity index (χ4v) is 6.69. The maximum Gasteiger partial charge on any atom is 0.309 e. The lowest BCUT2D eigenvalue weighted by Gasteiger charge is -2.27. The first kappa shape index (κ1) is 30.7. The van der Waals surface area contributed by atoms with Crippen LogP contribution in [-0.2, 0) is 22.4 Å². The zero-order chi connectivity index (χ0) is 30.7. The second-order valence-corrected chi connectivity index (χ2v) is 11.6. The highest BCUT2D eigenvalue weighted by Gasteiger charge is 2.48. The van der Waals surface area contributed by atoms with Gasteiger partial charge in [-0.25, -0.2) is 0 Å². The van der Waals surface area contributed by atoms with Gasteiger partial charge in [0, 0.05) is 29.2 Å². The quantitative estimate of drug-likeness (QED) is 0.249. The molecule has 3 atom stereocenters. The Morgan fingerprint density at radius 1 is 1.05 bits per heavy atom. The van der Waals surface area contributed by atoms with Crippen LogP contribution in [0.5, 0.6) is 17.2 Å². The van der Waals surface area contributed by atoms with E-state index in [1.54, 1.807) is 0 Å². The molecule has 3 aromatic rings. The van der Waals surface area contributed by atoms with Gasteiger partial charge in [0.05, 0.1) is 19.1 Å². The molecule has 3 aromatic carbocycles. The number of carboxylic acids is 1. The number of amides is 1. The maximum atomic E-state index is 13.7. The molecule has 228 valence electrons. The van der Waals surface area contributed by atoms with Crippen LogP contribution in [0.4, 0.5) is 5.69 Å². The van der Waals surface area contributed by atoms with Crippen molar-refractivity contribution >= 4 is 29.2 Å². The lowest BCUT2D eigenvalue weighted by atomic mass is 9.81. The Balaban J connectivity index is 1.50. The number of hydrogen-bond donors (Lipinski definition) is 2. The van der Waals surface area contributed by atoms with Gasteiger partial charge in [-0.05, 0) is 84.3 Å². The van der Waals surface area contributed by atoms with Crippen molar-refractivity contribution in [1.29, 1.82) is 0 Å². The Labute approximate surface area is 257 Å². The second kappa shape index (κ2) is 13.3. The van der Waals surface area contributed by atoms with E-state index in [2.05, 4.69) is 5.32 Å². The van der Waals surface area contributed by atoms with E-state index in [4.69, 9.17) is 25.8 Å². The van der Waals surface area contributed by atoms with Crippen molar-refractivity contribution in [1.82, 2.24) is 4.90 Å². The molecule has 1 fully saturated rings. The number of hydrogen-bond acceptors (Lipinski definition) is 6. The number of ether oxygens (including phenoxy) is 3. The SMILES string of the molecule is CCCOc1ccc([C@H]2C(C(=O)O)[C@@H](c3ccc4c(c3C)OCO4)CN2CC(=O)Nc2c(CC)cc(Cl)cc2CC)cc1. The predicted octanol–water partition coefficient (Wildman–Crippen LogP) is 6.77. The van der Waals surface area contributed by atoms with Crippen LogP contribution in [0.25, 0.3) is 0 Å². The van der Waals surface area contributed by atoms with Gasteiger partial charge in [0.1, 0.15) is 5.75 Å². The lowest BCUT2D eigenvalue weighted by molar-refractivity contribution is -0.143. The van der Waals surface area contributed by atoms with E-state index in [0.717, 1.165) is 45.7 Å². The number of benzene rings is 3. The first-order valence-corrected chi connectivity index (χ1v) is 15.3. The molecule has 1 amide bonds. The average Bonchev–Trinajstić information content (AvgIpc) is 3.63. The summed E-state index contributed by atoms with van der Waals surface area (Å²) in [5.74, 6) is -0.273. The summed E-state index contributed by atoms with van der Waals surface area (Å²) in [7, 11) is 0. The zero-order valence-corrected chi connectivity index (χ0v) is 25.9. The molecule has 0 saturated carbocycles. The summed E-state index contributed by atoms with van der Waals surface area (Å²) in [4.78, 5) is 28.7. The van der Waals surface area contributed by atoms with Gasteiger partial charge in [-0.1, -0.05) is 50.6 Å². The number of halogens is 1. The largest absolute Gasteiger partial charge is 0.494 e. The molecule has 5 rings (SSSR count). The van der Waals surface area contributed by atoms with E-state index in [0.29, 0.717) is 42.5 Å². The van der Waals surface area contributed by atoms with Crippen LogP contribution in [0.3, 0.4) is 0 Å². The number of carbonyl (C=O) groups excluding carboxylic acids is 1. The zero-order valence-electron chi connectivity index (χ0n) is 25.1. The van der Waals surface area contributed by atoms with Crippen molar-refractivity contribution in [2.24, 2.45) is 5.92 Å². The van der Waals surface area contributed by atoms with E-state index in [1.165, 1.54) is 0 Å². The summed E-state index contributed by atoms with van der Waals surface area (Å²) >= 11 is 6.35. The molecule has 1 unspecified atom stereocenters. The van der Waals surface area contributed by atoms with Crippen molar-refractivity contribution in [2.45, 2.75) is 58.9 Å². The van der Waals surface area contributed by atoms with Crippen LogP contribution in [-0.4, -0.2) is 48.4 Å². The molecule has 2 aliphatic rings. The minimum atomic E-state index is -0.916. The highest BCUT2D eigenvalue weighted by atomic mass is 35.5. The summed E-state index contributed by atoms with van der Waals surface area (Å²) in [6.07, 6.45) is 2.32. The van der Waals surface area contributed by atoms with Gasteiger partial charge in [-0.3, -0.25) is 14.5 Å². The summed E-state index contributed by atoms with van der Waals surface area (Å²) in [6.45, 7) is 9.18. The third-order valence-corrected chi connectivity index (χ3v) is 8.66. The number of aliphatic carboxylic acids is 1. The topological polar surface area (TPSA) is 97.3 Å². The third kappa shape index (κ3) is 6.31. The monoisotopic (exact) mass is 606 g/mol. The number of nitrogens with one attached hydrogen (secondary N) is 1. The van der Waals surface area contributed by atoms with Gasteiger partial charge in [0.15, 0.2) is 11.5 Å². The molecule has 0 aliphatic carbocycles. The Hall–Kier alpha value is -3.75. The smallest absolute Gasteiger partial charge is 0.309 e. The number of carboxylic acid groups (broad SMARTS) is 1. The molecule has 0 bridgehead atoms. The van der Waals surface area contributed by atoms with Crippen LogP contribution < -0.4 is 19.5 Å². The van der Waals surface area contributed by atoms with E-state index >= 15 is 0 Å². The molecule has 9 heteroatoms. The predicted molar refractivity (Wildman–Crippen MR) is 167 cm³/mol. The fourth-order valence-electron chi connectivity index (χ4n) is 6.42. The van der Waals surface area contributed by atoms with Gasteiger partial charge in [-0.2, -0.15) is 0 Å². The van der Waals surface area contributed by atoms with Crippen LogP contribution in [0.15, 0.2) is 48.5 Å². The maximum absolute atomic E-state index is 13.7. The first-order valence-electron chi connectivity index (χ1n) is 14.9. The van der Waals surface area contributed by atoms with Gasteiger partial charge in [-0.15, -0.1) is 0 Å². The number of nitrogens with zero attached hydrogens (tertiary/aromatic N) is 1. The van der Waals surface area contributed by atoms with Crippen LogP contribution in [0.1, 0.15) is 67.0 Å². The average molecular weight is 607 g/mol. The normalized spacial score (nSPS) is 19.4. The molecule has 0 radical (unpaired) electrons. The van der Waals surface area contributed by atoms with Gasteiger partial charge < -0.3 is 24.6 Å². The molecule has 43 heavy (non-hydrogen) atoms. The van der Waals surface area contributed by atoms with Crippen molar-refractivity contribution < 1.29 is 28.9 Å². The van der Waals surface area contributed by atoms with Gasteiger partial charge in [0.25, 0.3) is 0 Å². The van der Waals surface area contributed by atoms with Crippen molar-refractivity contribution in [3.63, 3.8) is 0 Å². The van der Waals surface area contributed by atoms with Crippen molar-refractivity contribution in [2.75, 3.05) is 31.8 Å². The summed E-state index contributed by atoms with van der Waals surface area (Å²) < 4.78 is 17.1. The molecule has 8 nitrogen and oxygen atoms in total. The Morgan fingerprint density at radius 3 is 2.37 bits per heavy atom. The van der Waals surface area contributed by atoms with Gasteiger partial charge >= 0.3 is 5.97 Å². The van der Waals surface area contributed by atoms with Gasteiger partial charge in [0.2, 0.25) is 12.7 Å². The number of rotatable bonds is 11. The van der Waals surface area contributed by atoms with Crippen LogP contribution in [0.2, 0.25) is 5.02 Å². The molecule has 1 saturated heterocycles. The van der Waals surface area contributed by atoms with E-state index < -0.39 is 17.9 Å². The number of anilines is 1. The first-order chi connectivity index (χ1) is 20.7. The highest BCUT2D eigenvalue weighted by molar-refractivity contribution is 6.30. The van der Waals surface area contributed by atoms with E-state index in [1.807, 2.05) is 81.1 Å². The minimum absolute atomic E-state index is 0.0254. The van der Waals surface area contributed by atoms with E-state index in [-0.39, 0.29) is 25.2 Å². The summed E-state index contributed by atoms with van der Waals surface area (Å²) in [5.41, 5.74) is 5.28.